The second kappa shape index (κ2) is 5.47. The zero-order chi connectivity index (χ0) is 13.2. The molecule has 98 valence electrons. The Kier molecular flexibility index (Phi) is 3.71. The Hall–Kier alpha value is -1.13. The van der Waals surface area contributed by atoms with E-state index in [0.29, 0.717) is 5.92 Å². The summed E-state index contributed by atoms with van der Waals surface area (Å²) in [4.78, 5) is 2.33. The lowest BCUT2D eigenvalue weighted by molar-refractivity contribution is 0.629. The molecule has 0 radical (unpaired) electrons. The summed E-state index contributed by atoms with van der Waals surface area (Å²) in [5, 5.41) is 0. The standard InChI is InChI=1S/C15H14FNS2/c16-13-7-11(5-6-14(13)17)18-8-10-9-19-15-4-2-1-3-12(10)15/h1-7,10H,8-9,17H2. The molecule has 1 nitrogen and oxygen atoms in total. The van der Waals surface area contributed by atoms with Crippen molar-refractivity contribution in [3.8, 4) is 0 Å². The molecule has 1 unspecified atom stereocenters. The highest BCUT2D eigenvalue weighted by Crippen LogP contribution is 2.41. The van der Waals surface area contributed by atoms with Gasteiger partial charge in [-0.3, -0.25) is 0 Å². The van der Waals surface area contributed by atoms with Crippen LogP contribution in [0.3, 0.4) is 0 Å². The molecule has 1 heterocycles. The molecule has 0 amide bonds. The molecular weight excluding hydrogens is 277 g/mol. The van der Waals surface area contributed by atoms with Crippen molar-refractivity contribution in [1.29, 1.82) is 0 Å². The van der Waals surface area contributed by atoms with Gasteiger partial charge in [0.15, 0.2) is 0 Å². The van der Waals surface area contributed by atoms with Crippen LogP contribution < -0.4 is 5.73 Å². The monoisotopic (exact) mass is 291 g/mol. The average molecular weight is 291 g/mol. The number of fused-ring (bicyclic) bond motifs is 1. The van der Waals surface area contributed by atoms with Crippen molar-refractivity contribution in [2.45, 2.75) is 15.7 Å². The molecule has 4 heteroatoms. The van der Waals surface area contributed by atoms with Crippen molar-refractivity contribution in [1.82, 2.24) is 0 Å². The lowest BCUT2D eigenvalue weighted by atomic mass is 10.0. The van der Waals surface area contributed by atoms with Gasteiger partial charge < -0.3 is 5.73 Å². The van der Waals surface area contributed by atoms with E-state index >= 15 is 0 Å². The normalized spacial score (nSPS) is 17.4. The Morgan fingerprint density at radius 2 is 2.11 bits per heavy atom. The van der Waals surface area contributed by atoms with E-state index in [4.69, 9.17) is 5.73 Å². The smallest absolute Gasteiger partial charge is 0.147 e. The SMILES string of the molecule is Nc1ccc(SCC2CSc3ccccc32)cc1F. The summed E-state index contributed by atoms with van der Waals surface area (Å²) >= 11 is 3.60. The number of thioether (sulfide) groups is 2. The molecule has 2 aromatic carbocycles. The van der Waals surface area contributed by atoms with E-state index in [1.54, 1.807) is 17.8 Å². The lowest BCUT2D eigenvalue weighted by Gasteiger charge is -2.10. The van der Waals surface area contributed by atoms with Crippen molar-refractivity contribution in [3.63, 3.8) is 0 Å². The first-order valence-electron chi connectivity index (χ1n) is 6.13. The van der Waals surface area contributed by atoms with Crippen LogP contribution in [-0.4, -0.2) is 11.5 Å². The predicted molar refractivity (Wildman–Crippen MR) is 81.4 cm³/mol. The predicted octanol–water partition coefficient (Wildman–Crippen LogP) is 4.39. The minimum atomic E-state index is -0.328. The summed E-state index contributed by atoms with van der Waals surface area (Å²) < 4.78 is 13.4. The summed E-state index contributed by atoms with van der Waals surface area (Å²) in [6, 6.07) is 13.6. The number of benzene rings is 2. The van der Waals surface area contributed by atoms with Crippen molar-refractivity contribution in [2.75, 3.05) is 17.2 Å². The number of nitrogen functional groups attached to an aromatic ring is 1. The number of halogens is 1. The Bertz CT molecular complexity index is 600. The van der Waals surface area contributed by atoms with Gasteiger partial charge in [-0.15, -0.1) is 23.5 Å². The fourth-order valence-electron chi connectivity index (χ4n) is 2.16. The first-order chi connectivity index (χ1) is 9.24. The highest BCUT2D eigenvalue weighted by Gasteiger charge is 2.22. The van der Waals surface area contributed by atoms with Crippen LogP contribution in [0.15, 0.2) is 52.3 Å². The largest absolute Gasteiger partial charge is 0.396 e. The summed E-state index contributed by atoms with van der Waals surface area (Å²) in [5.74, 6) is 2.31. The maximum atomic E-state index is 13.4. The van der Waals surface area contributed by atoms with Crippen molar-refractivity contribution < 1.29 is 4.39 Å². The number of hydrogen-bond donors (Lipinski definition) is 1. The second-order valence-electron chi connectivity index (χ2n) is 4.54. The zero-order valence-electron chi connectivity index (χ0n) is 10.3. The van der Waals surface area contributed by atoms with Crippen molar-refractivity contribution in [3.05, 3.63) is 53.8 Å². The van der Waals surface area contributed by atoms with Gasteiger partial charge in [-0.1, -0.05) is 18.2 Å². The van der Waals surface area contributed by atoms with Crippen LogP contribution >= 0.6 is 23.5 Å². The molecule has 1 aliphatic heterocycles. The molecule has 1 atom stereocenters. The third kappa shape index (κ3) is 2.74. The molecule has 0 aromatic heterocycles. The molecular formula is C15H14FNS2. The maximum Gasteiger partial charge on any atom is 0.147 e. The highest BCUT2D eigenvalue weighted by atomic mass is 32.2. The summed E-state index contributed by atoms with van der Waals surface area (Å²) in [5.41, 5.74) is 7.12. The van der Waals surface area contributed by atoms with Crippen molar-refractivity contribution >= 4 is 29.2 Å². The molecule has 0 saturated heterocycles. The van der Waals surface area contributed by atoms with E-state index in [2.05, 4.69) is 24.3 Å². The van der Waals surface area contributed by atoms with Crippen molar-refractivity contribution in [2.24, 2.45) is 0 Å². The van der Waals surface area contributed by atoms with Gasteiger partial charge in [0.2, 0.25) is 0 Å². The molecule has 1 aliphatic rings. The first-order valence-corrected chi connectivity index (χ1v) is 8.11. The molecule has 0 spiro atoms. The second-order valence-corrected chi connectivity index (χ2v) is 6.70. The molecule has 0 saturated carbocycles. The molecule has 3 rings (SSSR count). The Labute approximate surface area is 120 Å². The van der Waals surface area contributed by atoms with Gasteiger partial charge in [0.25, 0.3) is 0 Å². The minimum Gasteiger partial charge on any atom is -0.396 e. The lowest BCUT2D eigenvalue weighted by Crippen LogP contribution is -2.00. The van der Waals surface area contributed by atoms with E-state index in [9.17, 15) is 4.39 Å². The molecule has 2 aromatic rings. The van der Waals surface area contributed by atoms with Crippen LogP contribution in [0, 0.1) is 5.82 Å². The van der Waals surface area contributed by atoms with Crippen LogP contribution in [0.1, 0.15) is 11.5 Å². The first kappa shape index (κ1) is 12.9. The number of hydrogen-bond acceptors (Lipinski definition) is 3. The fourth-order valence-corrected chi connectivity index (χ4v) is 4.61. The van der Waals surface area contributed by atoms with Crippen LogP contribution in [0.2, 0.25) is 0 Å². The third-order valence-electron chi connectivity index (χ3n) is 3.22. The number of nitrogens with two attached hydrogens (primary N) is 1. The van der Waals surface area contributed by atoms with Crippen LogP contribution in [0.25, 0.3) is 0 Å². The molecule has 2 N–H and O–H groups in total. The topological polar surface area (TPSA) is 26.0 Å². The van der Waals surface area contributed by atoms with Gasteiger partial charge in [0.1, 0.15) is 5.82 Å². The Morgan fingerprint density at radius 3 is 2.95 bits per heavy atom. The third-order valence-corrected chi connectivity index (χ3v) is 5.63. The quantitative estimate of drug-likeness (QED) is 0.671. The maximum absolute atomic E-state index is 13.4. The summed E-state index contributed by atoms with van der Waals surface area (Å²) in [7, 11) is 0. The van der Waals surface area contributed by atoms with Crippen LogP contribution in [0.4, 0.5) is 10.1 Å². The van der Waals surface area contributed by atoms with Gasteiger partial charge in [-0.25, -0.2) is 4.39 Å². The molecule has 0 fully saturated rings. The van der Waals surface area contributed by atoms with E-state index in [1.807, 2.05) is 17.8 Å². The minimum absolute atomic E-state index is 0.214. The Balaban J connectivity index is 1.69. The Morgan fingerprint density at radius 1 is 1.26 bits per heavy atom. The van der Waals surface area contributed by atoms with Gasteiger partial charge in [0, 0.05) is 27.2 Å². The van der Waals surface area contributed by atoms with Crippen LogP contribution in [-0.2, 0) is 0 Å². The number of rotatable bonds is 3. The van der Waals surface area contributed by atoms with Gasteiger partial charge in [-0.05, 0) is 29.8 Å². The van der Waals surface area contributed by atoms with E-state index < -0.39 is 0 Å². The highest BCUT2D eigenvalue weighted by molar-refractivity contribution is 8.00. The van der Waals surface area contributed by atoms with Gasteiger partial charge in [0.05, 0.1) is 5.69 Å². The zero-order valence-corrected chi connectivity index (χ0v) is 11.9. The molecule has 0 bridgehead atoms. The van der Waals surface area contributed by atoms with Gasteiger partial charge >= 0.3 is 0 Å². The van der Waals surface area contributed by atoms with E-state index in [1.165, 1.54) is 16.5 Å². The summed E-state index contributed by atoms with van der Waals surface area (Å²) in [6.07, 6.45) is 0. The van der Waals surface area contributed by atoms with E-state index in [0.717, 1.165) is 16.4 Å². The fraction of sp³-hybridized carbons (Fsp3) is 0.200. The average Bonchev–Trinajstić information content (AvgIpc) is 2.83. The van der Waals surface area contributed by atoms with Gasteiger partial charge in [-0.2, -0.15) is 0 Å². The molecule has 0 aliphatic carbocycles. The van der Waals surface area contributed by atoms with Crippen LogP contribution in [0.5, 0.6) is 0 Å². The van der Waals surface area contributed by atoms with E-state index in [-0.39, 0.29) is 11.5 Å². The summed E-state index contributed by atoms with van der Waals surface area (Å²) in [6.45, 7) is 0. The number of anilines is 1. The molecule has 19 heavy (non-hydrogen) atoms.